The van der Waals surface area contributed by atoms with Crippen LogP contribution in [0.2, 0.25) is 0 Å². The molecule has 1 fully saturated rings. The van der Waals surface area contributed by atoms with Gasteiger partial charge in [-0.2, -0.15) is 5.10 Å². The number of aromatic hydroxyl groups is 1. The first-order valence-electron chi connectivity index (χ1n) is 9.94. The lowest BCUT2D eigenvalue weighted by atomic mass is 9.81. The Balaban J connectivity index is 0.00000272. The molecule has 2 aromatic heterocycles. The molecule has 166 valence electrons. The van der Waals surface area contributed by atoms with Gasteiger partial charge in [0.25, 0.3) is 0 Å². The number of benzene rings is 1. The highest BCUT2D eigenvalue weighted by molar-refractivity contribution is 5.85. The van der Waals surface area contributed by atoms with Crippen molar-refractivity contribution in [1.82, 2.24) is 25.7 Å². The number of H-pyrrole nitrogens is 1. The zero-order valence-corrected chi connectivity index (χ0v) is 18.8. The Morgan fingerprint density at radius 2 is 1.77 bits per heavy atom. The number of phenolic OH excluding ortho intramolecular Hbond substituents is 1. The minimum Gasteiger partial charge on any atom is -0.507 e. The number of nitrogens with zero attached hydrogens (tertiary/aromatic N) is 3. The van der Waals surface area contributed by atoms with E-state index in [1.54, 1.807) is 24.5 Å². The molecule has 3 aromatic rings. The summed E-state index contributed by atoms with van der Waals surface area (Å²) in [5.41, 5.74) is 1.34. The summed E-state index contributed by atoms with van der Waals surface area (Å²) in [7, 11) is 0. The van der Waals surface area contributed by atoms with Crippen LogP contribution in [0.25, 0.3) is 22.4 Å². The molecule has 3 N–H and O–H groups in total. The minimum absolute atomic E-state index is 0. The van der Waals surface area contributed by atoms with Gasteiger partial charge in [0.15, 0.2) is 0 Å². The van der Waals surface area contributed by atoms with Gasteiger partial charge in [0, 0.05) is 41.7 Å². The van der Waals surface area contributed by atoms with Crippen molar-refractivity contribution in [3.8, 4) is 34.0 Å². The fraction of sp³-hybridized carbons (Fsp3) is 0.409. The molecule has 0 bridgehead atoms. The van der Waals surface area contributed by atoms with Crippen LogP contribution in [-0.2, 0) is 0 Å². The Morgan fingerprint density at radius 3 is 2.32 bits per heavy atom. The summed E-state index contributed by atoms with van der Waals surface area (Å²) >= 11 is 0. The molecule has 0 saturated carbocycles. The molecule has 1 aliphatic heterocycles. The third kappa shape index (κ3) is 5.14. The smallest absolute Gasteiger partial charge is 0.233 e. The van der Waals surface area contributed by atoms with Gasteiger partial charge in [0.2, 0.25) is 5.88 Å². The predicted molar refractivity (Wildman–Crippen MR) is 119 cm³/mol. The van der Waals surface area contributed by atoms with Gasteiger partial charge in [-0.1, -0.05) is 0 Å². The zero-order chi connectivity index (χ0) is 21.5. The summed E-state index contributed by atoms with van der Waals surface area (Å²) in [6.07, 6.45) is 4.86. The monoisotopic (exact) mass is 447 g/mol. The number of aromatic nitrogens is 4. The van der Waals surface area contributed by atoms with Crippen molar-refractivity contribution < 1.29 is 14.2 Å². The van der Waals surface area contributed by atoms with Crippen LogP contribution in [0, 0.1) is 5.82 Å². The van der Waals surface area contributed by atoms with E-state index in [1.807, 2.05) is 0 Å². The lowest BCUT2D eigenvalue weighted by Crippen LogP contribution is -2.60. The van der Waals surface area contributed by atoms with E-state index in [0.717, 1.165) is 12.8 Å². The second-order valence-corrected chi connectivity index (χ2v) is 9.14. The Labute approximate surface area is 186 Å². The molecule has 1 saturated heterocycles. The van der Waals surface area contributed by atoms with E-state index >= 15 is 0 Å². The first-order chi connectivity index (χ1) is 14.1. The number of hydrogen-bond acceptors (Lipinski definition) is 6. The second-order valence-electron chi connectivity index (χ2n) is 9.14. The van der Waals surface area contributed by atoms with Crippen LogP contribution >= 0.6 is 12.4 Å². The molecule has 4 rings (SSSR count). The lowest BCUT2D eigenvalue weighted by molar-refractivity contribution is 0.0524. The van der Waals surface area contributed by atoms with Gasteiger partial charge in [-0.05, 0) is 51.5 Å². The summed E-state index contributed by atoms with van der Waals surface area (Å²) in [6.45, 7) is 8.60. The van der Waals surface area contributed by atoms with E-state index in [1.165, 1.54) is 12.1 Å². The summed E-state index contributed by atoms with van der Waals surface area (Å²) in [4.78, 5) is 0. The second kappa shape index (κ2) is 8.43. The van der Waals surface area contributed by atoms with Crippen molar-refractivity contribution in [2.75, 3.05) is 0 Å². The van der Waals surface area contributed by atoms with Gasteiger partial charge in [-0.3, -0.25) is 5.10 Å². The topological polar surface area (TPSA) is 96.0 Å². The normalized spacial score (nSPS) is 17.7. The average molecular weight is 448 g/mol. The van der Waals surface area contributed by atoms with Crippen molar-refractivity contribution in [2.24, 2.45) is 0 Å². The third-order valence-electron chi connectivity index (χ3n) is 5.24. The maximum absolute atomic E-state index is 14.7. The highest BCUT2D eigenvalue weighted by Crippen LogP contribution is 2.35. The zero-order valence-electron chi connectivity index (χ0n) is 17.9. The van der Waals surface area contributed by atoms with E-state index < -0.39 is 5.82 Å². The van der Waals surface area contributed by atoms with Crippen LogP contribution < -0.4 is 10.1 Å². The van der Waals surface area contributed by atoms with Crippen molar-refractivity contribution in [3.63, 3.8) is 0 Å². The fourth-order valence-electron chi connectivity index (χ4n) is 4.42. The minimum atomic E-state index is -0.587. The molecule has 1 aromatic carbocycles. The summed E-state index contributed by atoms with van der Waals surface area (Å²) in [5, 5.41) is 28.7. The molecule has 3 heterocycles. The molecule has 0 radical (unpaired) electrons. The van der Waals surface area contributed by atoms with Crippen LogP contribution in [0.1, 0.15) is 40.5 Å². The number of rotatable bonds is 4. The molecule has 1 aliphatic rings. The van der Waals surface area contributed by atoms with Crippen LogP contribution in [0.15, 0.2) is 36.7 Å². The van der Waals surface area contributed by atoms with Crippen LogP contribution in [0.3, 0.4) is 0 Å². The number of phenols is 1. The quantitative estimate of drug-likeness (QED) is 0.545. The maximum Gasteiger partial charge on any atom is 0.233 e. The van der Waals surface area contributed by atoms with E-state index in [4.69, 9.17) is 4.74 Å². The SMILES string of the molecule is CC1(C)CC(Oc2ccc(-c3c(O)cc(-c4cn[nH]c4)cc3F)nn2)CC(C)(C)N1.Cl. The van der Waals surface area contributed by atoms with E-state index in [0.29, 0.717) is 17.0 Å². The van der Waals surface area contributed by atoms with E-state index in [2.05, 4.69) is 53.4 Å². The number of halogens is 2. The number of nitrogens with one attached hydrogen (secondary N) is 2. The largest absolute Gasteiger partial charge is 0.507 e. The van der Waals surface area contributed by atoms with Crippen molar-refractivity contribution in [2.45, 2.75) is 57.7 Å². The lowest BCUT2D eigenvalue weighted by Gasteiger charge is -2.46. The molecule has 0 amide bonds. The Morgan fingerprint density at radius 1 is 1.06 bits per heavy atom. The Hall–Kier alpha value is -2.71. The van der Waals surface area contributed by atoms with Crippen LogP contribution in [0.4, 0.5) is 4.39 Å². The third-order valence-corrected chi connectivity index (χ3v) is 5.24. The number of aromatic amines is 1. The number of piperidine rings is 1. The molecular weight excluding hydrogens is 421 g/mol. The molecule has 7 nitrogen and oxygen atoms in total. The fourth-order valence-corrected chi connectivity index (χ4v) is 4.42. The first-order valence-corrected chi connectivity index (χ1v) is 9.94. The summed E-state index contributed by atoms with van der Waals surface area (Å²) in [6, 6.07) is 6.09. The van der Waals surface area contributed by atoms with Gasteiger partial charge < -0.3 is 15.2 Å². The van der Waals surface area contributed by atoms with Crippen molar-refractivity contribution in [1.29, 1.82) is 0 Å². The maximum atomic E-state index is 14.7. The van der Waals surface area contributed by atoms with Crippen LogP contribution in [0.5, 0.6) is 11.6 Å². The van der Waals surface area contributed by atoms with Gasteiger partial charge in [0.1, 0.15) is 17.7 Å². The highest BCUT2D eigenvalue weighted by atomic mass is 35.5. The molecule has 31 heavy (non-hydrogen) atoms. The van der Waals surface area contributed by atoms with E-state index in [-0.39, 0.29) is 46.6 Å². The Bertz CT molecular complexity index is 1000. The van der Waals surface area contributed by atoms with Gasteiger partial charge in [-0.15, -0.1) is 22.6 Å². The molecule has 0 unspecified atom stereocenters. The highest BCUT2D eigenvalue weighted by Gasteiger charge is 2.38. The molecule has 0 atom stereocenters. The molecule has 0 aliphatic carbocycles. The number of hydrogen-bond donors (Lipinski definition) is 3. The van der Waals surface area contributed by atoms with Gasteiger partial charge in [0.05, 0.1) is 17.5 Å². The van der Waals surface area contributed by atoms with Gasteiger partial charge >= 0.3 is 0 Å². The van der Waals surface area contributed by atoms with Crippen molar-refractivity contribution in [3.05, 3.63) is 42.5 Å². The standard InChI is InChI=1S/C22H26FN5O2.ClH/c1-21(2)9-15(10-22(3,4)28-21)30-19-6-5-17(26-27-19)20-16(23)7-13(8-18(20)29)14-11-24-25-12-14;/h5-8,11-12,15,28-29H,9-10H2,1-4H3,(H,24,25);1H. The molecule has 0 spiro atoms. The van der Waals surface area contributed by atoms with Gasteiger partial charge in [-0.25, -0.2) is 4.39 Å². The Kier molecular flexibility index (Phi) is 6.25. The average Bonchev–Trinajstić information content (AvgIpc) is 3.14. The van der Waals surface area contributed by atoms with E-state index in [9.17, 15) is 9.50 Å². The predicted octanol–water partition coefficient (Wildman–Crippen LogP) is 4.49. The first kappa shape index (κ1) is 23.0. The number of ether oxygens (including phenoxy) is 1. The van der Waals surface area contributed by atoms with Crippen molar-refractivity contribution >= 4 is 12.4 Å². The molecular formula is C22H27ClFN5O2. The van der Waals surface area contributed by atoms with Crippen LogP contribution in [-0.4, -0.2) is 42.7 Å². The summed E-state index contributed by atoms with van der Waals surface area (Å²) < 4.78 is 20.8. The molecule has 9 heteroatoms. The summed E-state index contributed by atoms with van der Waals surface area (Å²) in [5.74, 6) is -0.417.